The third kappa shape index (κ3) is 5.20. The van der Waals surface area contributed by atoms with Gasteiger partial charge in [-0.05, 0) is 46.5 Å². The molecule has 2 saturated heterocycles. The van der Waals surface area contributed by atoms with Crippen LogP contribution in [0.25, 0.3) is 0 Å². The summed E-state index contributed by atoms with van der Waals surface area (Å²) in [6, 6.07) is 10.0. The number of carbonyl (C=O) groups excluding carboxylic acids is 2. The van der Waals surface area contributed by atoms with Gasteiger partial charge < -0.3 is 15.1 Å². The Morgan fingerprint density at radius 3 is 2.20 bits per heavy atom. The molecule has 2 aliphatic rings. The van der Waals surface area contributed by atoms with E-state index >= 15 is 0 Å². The number of hydrogen-bond donors (Lipinski definition) is 1. The molecule has 1 N–H and O–H groups in total. The maximum atomic E-state index is 13.2. The number of piperidine rings is 1. The fourth-order valence-corrected chi connectivity index (χ4v) is 4.25. The van der Waals surface area contributed by atoms with E-state index in [0.717, 1.165) is 44.6 Å². The van der Waals surface area contributed by atoms with Gasteiger partial charge in [-0.3, -0.25) is 19.4 Å². The lowest BCUT2D eigenvalue weighted by Gasteiger charge is -2.39. The summed E-state index contributed by atoms with van der Waals surface area (Å²) in [7, 11) is 6.00. The Balaban J connectivity index is 1.51. The van der Waals surface area contributed by atoms with E-state index in [1.54, 1.807) is 0 Å². The normalized spacial score (nSPS) is 21.4. The van der Waals surface area contributed by atoms with E-state index in [4.69, 9.17) is 0 Å². The first kappa shape index (κ1) is 22.7. The molecule has 166 valence electrons. The third-order valence-electron chi connectivity index (χ3n) is 6.81. The van der Waals surface area contributed by atoms with E-state index in [9.17, 15) is 9.59 Å². The van der Waals surface area contributed by atoms with Gasteiger partial charge in [0.2, 0.25) is 11.8 Å². The van der Waals surface area contributed by atoms with Crippen molar-refractivity contribution in [2.24, 2.45) is 0 Å². The van der Waals surface area contributed by atoms with Crippen LogP contribution in [0.15, 0.2) is 30.3 Å². The molecule has 0 aromatic heterocycles. The molecule has 2 aliphatic heterocycles. The van der Waals surface area contributed by atoms with Gasteiger partial charge in [-0.15, -0.1) is 0 Å². The van der Waals surface area contributed by atoms with Gasteiger partial charge in [0.05, 0.1) is 6.54 Å². The van der Waals surface area contributed by atoms with Crippen LogP contribution in [-0.4, -0.2) is 104 Å². The number of nitrogens with zero attached hydrogens (tertiary/aromatic N) is 4. The molecular weight excluding hydrogens is 378 g/mol. The number of carbonyl (C=O) groups is 2. The molecule has 1 aromatic carbocycles. The minimum absolute atomic E-state index is 0.0147. The number of likely N-dealkylation sites (N-methyl/N-ethyl adjacent to an activating group) is 2. The summed E-state index contributed by atoms with van der Waals surface area (Å²) in [6.07, 6.45) is 1.61. The minimum atomic E-state index is -0.727. The van der Waals surface area contributed by atoms with Crippen molar-refractivity contribution in [1.29, 1.82) is 0 Å². The Morgan fingerprint density at radius 2 is 1.63 bits per heavy atom. The van der Waals surface area contributed by atoms with Crippen molar-refractivity contribution >= 4 is 11.8 Å². The van der Waals surface area contributed by atoms with Crippen molar-refractivity contribution in [3.05, 3.63) is 35.9 Å². The van der Waals surface area contributed by atoms with Gasteiger partial charge in [0.15, 0.2) is 0 Å². The number of hydrogen-bond acceptors (Lipinski definition) is 5. The van der Waals surface area contributed by atoms with Crippen LogP contribution in [0.4, 0.5) is 0 Å². The number of likely N-dealkylation sites (tertiary alicyclic amines) is 1. The summed E-state index contributed by atoms with van der Waals surface area (Å²) in [5.74, 6) is 0.229. The molecule has 2 amide bonds. The molecule has 2 heterocycles. The van der Waals surface area contributed by atoms with E-state index < -0.39 is 5.54 Å². The summed E-state index contributed by atoms with van der Waals surface area (Å²) in [5.41, 5.74) is 0.252. The number of nitrogens with one attached hydrogen (secondary N) is 1. The molecule has 0 aliphatic carbocycles. The van der Waals surface area contributed by atoms with Crippen molar-refractivity contribution in [2.45, 2.75) is 31.3 Å². The van der Waals surface area contributed by atoms with Gasteiger partial charge in [-0.2, -0.15) is 0 Å². The van der Waals surface area contributed by atoms with Crippen LogP contribution in [0.5, 0.6) is 0 Å². The van der Waals surface area contributed by atoms with Crippen molar-refractivity contribution in [3.63, 3.8) is 0 Å². The lowest BCUT2D eigenvalue weighted by molar-refractivity contribution is -0.135. The molecule has 1 unspecified atom stereocenters. The van der Waals surface area contributed by atoms with Crippen molar-refractivity contribution in [3.8, 4) is 0 Å². The Labute approximate surface area is 181 Å². The van der Waals surface area contributed by atoms with Gasteiger partial charge in [0.1, 0.15) is 5.54 Å². The molecule has 1 aromatic rings. The van der Waals surface area contributed by atoms with Crippen molar-refractivity contribution in [2.75, 3.05) is 67.0 Å². The average molecular weight is 416 g/mol. The van der Waals surface area contributed by atoms with Crippen LogP contribution in [-0.2, 0) is 15.1 Å². The summed E-state index contributed by atoms with van der Waals surface area (Å²) < 4.78 is 0. The standard InChI is InChI=1S/C23H37N5O2/c1-23(25(2)3,19-8-6-5-7-9-19)22(30)24-20-10-12-28(13-11-20)21(29)18-27-16-14-26(4)15-17-27/h5-9,20H,10-18H2,1-4H3,(H,24,30). The Hall–Kier alpha value is -1.96. The van der Waals surface area contributed by atoms with Crippen molar-refractivity contribution < 1.29 is 9.59 Å². The van der Waals surface area contributed by atoms with Crippen LogP contribution in [0.3, 0.4) is 0 Å². The first-order chi connectivity index (χ1) is 14.3. The highest BCUT2D eigenvalue weighted by atomic mass is 16.2. The number of benzene rings is 1. The summed E-state index contributed by atoms with van der Waals surface area (Å²) in [5, 5.41) is 3.25. The molecule has 30 heavy (non-hydrogen) atoms. The Morgan fingerprint density at radius 1 is 1.03 bits per heavy atom. The number of amides is 2. The minimum Gasteiger partial charge on any atom is -0.351 e. The van der Waals surface area contributed by atoms with Gasteiger partial charge in [0.25, 0.3) is 0 Å². The molecule has 1 atom stereocenters. The lowest BCUT2D eigenvalue weighted by atomic mass is 9.89. The fourth-order valence-electron chi connectivity index (χ4n) is 4.25. The highest BCUT2D eigenvalue weighted by Gasteiger charge is 2.39. The quantitative estimate of drug-likeness (QED) is 0.746. The highest BCUT2D eigenvalue weighted by molar-refractivity contribution is 5.87. The molecule has 7 nitrogen and oxygen atoms in total. The SMILES string of the molecule is CN1CCN(CC(=O)N2CCC(NC(=O)C(C)(c3ccccc3)N(C)C)CC2)CC1. The maximum Gasteiger partial charge on any atom is 0.245 e. The maximum absolute atomic E-state index is 13.2. The first-order valence-corrected chi connectivity index (χ1v) is 11.0. The monoisotopic (exact) mass is 415 g/mol. The molecule has 2 fully saturated rings. The van der Waals surface area contributed by atoms with Crippen LogP contribution >= 0.6 is 0 Å². The second-order valence-electron chi connectivity index (χ2n) is 9.04. The second kappa shape index (κ2) is 9.90. The zero-order chi connectivity index (χ0) is 21.7. The van der Waals surface area contributed by atoms with E-state index in [-0.39, 0.29) is 17.9 Å². The van der Waals surface area contributed by atoms with Gasteiger partial charge >= 0.3 is 0 Å². The number of rotatable bonds is 6. The topological polar surface area (TPSA) is 59.1 Å². The van der Waals surface area contributed by atoms with Crippen LogP contribution in [0.2, 0.25) is 0 Å². The smallest absolute Gasteiger partial charge is 0.245 e. The summed E-state index contributed by atoms with van der Waals surface area (Å²) in [6.45, 7) is 7.85. The predicted octanol–water partition coefficient (Wildman–Crippen LogP) is 0.818. The lowest BCUT2D eigenvalue weighted by Crippen LogP contribution is -2.56. The molecule has 0 spiro atoms. The summed E-state index contributed by atoms with van der Waals surface area (Å²) in [4.78, 5) is 34.4. The highest BCUT2D eigenvalue weighted by Crippen LogP contribution is 2.27. The van der Waals surface area contributed by atoms with Gasteiger partial charge in [-0.25, -0.2) is 0 Å². The molecular formula is C23H37N5O2. The first-order valence-electron chi connectivity index (χ1n) is 11.0. The van der Waals surface area contributed by atoms with Crippen LogP contribution in [0.1, 0.15) is 25.3 Å². The Kier molecular flexibility index (Phi) is 7.50. The Bertz CT molecular complexity index is 710. The zero-order valence-corrected chi connectivity index (χ0v) is 18.9. The molecule has 0 radical (unpaired) electrons. The van der Waals surface area contributed by atoms with E-state index in [1.807, 2.05) is 61.2 Å². The zero-order valence-electron chi connectivity index (χ0n) is 18.9. The molecule has 3 rings (SSSR count). The molecule has 7 heteroatoms. The molecule has 0 saturated carbocycles. The largest absolute Gasteiger partial charge is 0.351 e. The molecule has 0 bridgehead atoms. The second-order valence-corrected chi connectivity index (χ2v) is 9.04. The third-order valence-corrected chi connectivity index (χ3v) is 6.81. The van der Waals surface area contributed by atoms with Crippen LogP contribution in [0, 0.1) is 0 Å². The van der Waals surface area contributed by atoms with Crippen LogP contribution < -0.4 is 5.32 Å². The van der Waals surface area contributed by atoms with Gasteiger partial charge in [-0.1, -0.05) is 30.3 Å². The van der Waals surface area contributed by atoms with Gasteiger partial charge in [0, 0.05) is 45.3 Å². The fraction of sp³-hybridized carbons (Fsp3) is 0.652. The van der Waals surface area contributed by atoms with E-state index in [1.165, 1.54) is 0 Å². The summed E-state index contributed by atoms with van der Waals surface area (Å²) >= 11 is 0. The van der Waals surface area contributed by atoms with E-state index in [2.05, 4.69) is 22.2 Å². The number of piperazine rings is 1. The van der Waals surface area contributed by atoms with Crippen molar-refractivity contribution in [1.82, 2.24) is 24.9 Å². The van der Waals surface area contributed by atoms with E-state index in [0.29, 0.717) is 19.6 Å². The average Bonchev–Trinajstić information content (AvgIpc) is 2.75. The predicted molar refractivity (Wildman–Crippen MR) is 119 cm³/mol.